The summed E-state index contributed by atoms with van der Waals surface area (Å²) in [7, 11) is 0. The van der Waals surface area contributed by atoms with Crippen LogP contribution in [0.4, 0.5) is 13.6 Å². The van der Waals surface area contributed by atoms with Crippen LogP contribution in [-0.4, -0.2) is 39.7 Å². The lowest BCUT2D eigenvalue weighted by molar-refractivity contribution is 0.0260. The van der Waals surface area contributed by atoms with E-state index in [-0.39, 0.29) is 22.3 Å². The minimum Gasteiger partial charge on any atom is -0.444 e. The number of rotatable bonds is 1. The van der Waals surface area contributed by atoms with Gasteiger partial charge in [-0.2, -0.15) is 0 Å². The maximum absolute atomic E-state index is 13.5. The van der Waals surface area contributed by atoms with Crippen molar-refractivity contribution in [2.24, 2.45) is 0 Å². The Morgan fingerprint density at radius 2 is 1.78 bits per heavy atom. The van der Waals surface area contributed by atoms with Crippen LogP contribution in [0, 0.1) is 11.6 Å². The summed E-state index contributed by atoms with van der Waals surface area (Å²) in [5.41, 5.74) is 1.08. The van der Waals surface area contributed by atoms with Gasteiger partial charge in [0, 0.05) is 25.2 Å². The van der Waals surface area contributed by atoms with E-state index in [2.05, 4.69) is 9.97 Å². The van der Waals surface area contributed by atoms with Gasteiger partial charge in [-0.1, -0.05) is 17.7 Å². The van der Waals surface area contributed by atoms with E-state index in [9.17, 15) is 13.6 Å². The van der Waals surface area contributed by atoms with Gasteiger partial charge in [0.2, 0.25) is 0 Å². The summed E-state index contributed by atoms with van der Waals surface area (Å²) in [5, 5.41) is 0.116. The highest BCUT2D eigenvalue weighted by molar-refractivity contribution is 6.31. The molecule has 0 spiro atoms. The summed E-state index contributed by atoms with van der Waals surface area (Å²) < 4.78 is 32.3. The molecule has 5 nitrogen and oxygen atoms in total. The maximum Gasteiger partial charge on any atom is 0.410 e. The molecule has 1 aliphatic rings. The normalized spacial score (nSPS) is 15.5. The highest BCUT2D eigenvalue weighted by atomic mass is 35.5. The summed E-state index contributed by atoms with van der Waals surface area (Å²) in [6.07, 6.45) is 2.67. The van der Waals surface area contributed by atoms with E-state index in [0.717, 1.165) is 17.7 Å². The largest absolute Gasteiger partial charge is 0.444 e. The molecule has 1 aromatic heterocycles. The smallest absolute Gasteiger partial charge is 0.410 e. The van der Waals surface area contributed by atoms with Crippen molar-refractivity contribution in [3.63, 3.8) is 0 Å². The molecule has 0 saturated carbocycles. The number of hydrogen-bond donors (Lipinski definition) is 0. The summed E-state index contributed by atoms with van der Waals surface area (Å²) >= 11 is 6.23. The average molecular weight is 396 g/mol. The first-order valence-corrected chi connectivity index (χ1v) is 9.01. The lowest BCUT2D eigenvalue weighted by Gasteiger charge is -2.26. The van der Waals surface area contributed by atoms with Crippen molar-refractivity contribution in [3.8, 4) is 0 Å². The Bertz CT molecular complexity index is 925. The molecule has 3 rings (SSSR count). The number of nitrogens with zero attached hydrogens (tertiary/aromatic N) is 3. The predicted molar refractivity (Wildman–Crippen MR) is 99.5 cm³/mol. The van der Waals surface area contributed by atoms with Crippen LogP contribution in [0.2, 0.25) is 5.15 Å². The minimum absolute atomic E-state index is 0.116. The van der Waals surface area contributed by atoms with Gasteiger partial charge in [0.05, 0.1) is 11.0 Å². The Kier molecular flexibility index (Phi) is 5.33. The Hall–Kier alpha value is -2.28. The average Bonchev–Trinajstić information content (AvgIpc) is 2.80. The molecule has 1 amide bonds. The number of benzene rings is 1. The van der Waals surface area contributed by atoms with E-state index >= 15 is 0 Å². The third kappa shape index (κ3) is 4.53. The number of hydrogen-bond acceptors (Lipinski definition) is 4. The molecule has 1 aromatic carbocycles. The molecular weight excluding hydrogens is 376 g/mol. The number of carbonyl (C=O) groups excluding carboxylic acids is 1. The first kappa shape index (κ1) is 19.5. The fourth-order valence-electron chi connectivity index (χ4n) is 2.82. The van der Waals surface area contributed by atoms with Crippen molar-refractivity contribution in [1.29, 1.82) is 0 Å². The number of carbonyl (C=O) groups is 1. The fraction of sp³-hybridized carbons (Fsp3) is 0.421. The van der Waals surface area contributed by atoms with Crippen molar-refractivity contribution in [2.45, 2.75) is 39.2 Å². The highest BCUT2D eigenvalue weighted by Crippen LogP contribution is 2.28. The van der Waals surface area contributed by atoms with E-state index in [0.29, 0.717) is 31.6 Å². The standard InChI is InChI=1S/C19H20ClF2N3O2/c1-19(2,3)27-18(26)25-7-4-5-11(6-8-25)16-17(20)24-15-10-13(22)12(21)9-14(15)23-16/h5,9-10H,4,6-8H2,1-3H3. The lowest BCUT2D eigenvalue weighted by atomic mass is 10.1. The van der Waals surface area contributed by atoms with E-state index in [4.69, 9.17) is 16.3 Å². The first-order valence-electron chi connectivity index (χ1n) is 8.63. The third-order valence-corrected chi connectivity index (χ3v) is 4.32. The van der Waals surface area contributed by atoms with Crippen LogP contribution < -0.4 is 0 Å². The lowest BCUT2D eigenvalue weighted by Crippen LogP contribution is -2.37. The Morgan fingerprint density at radius 3 is 2.41 bits per heavy atom. The van der Waals surface area contributed by atoms with Crippen LogP contribution in [0.15, 0.2) is 18.2 Å². The van der Waals surface area contributed by atoms with Crippen molar-refractivity contribution in [3.05, 3.63) is 40.7 Å². The van der Waals surface area contributed by atoms with E-state index in [1.807, 2.05) is 26.8 Å². The number of aromatic nitrogens is 2. The van der Waals surface area contributed by atoms with Crippen molar-refractivity contribution < 1.29 is 18.3 Å². The van der Waals surface area contributed by atoms with Gasteiger partial charge in [-0.25, -0.2) is 23.5 Å². The number of amides is 1. The number of halogens is 3. The van der Waals surface area contributed by atoms with Crippen molar-refractivity contribution >= 4 is 34.3 Å². The van der Waals surface area contributed by atoms with E-state index in [1.165, 1.54) is 0 Å². The highest BCUT2D eigenvalue weighted by Gasteiger charge is 2.24. The van der Waals surface area contributed by atoms with Crippen LogP contribution in [0.1, 0.15) is 39.3 Å². The molecule has 0 N–H and O–H groups in total. The molecule has 0 fully saturated rings. The number of fused-ring (bicyclic) bond motifs is 1. The SMILES string of the molecule is CC(C)(C)OC(=O)N1CCC=C(c2nc3cc(F)c(F)cc3nc2Cl)CC1. The second kappa shape index (κ2) is 7.38. The Morgan fingerprint density at radius 1 is 1.15 bits per heavy atom. The maximum atomic E-state index is 13.5. The van der Waals surface area contributed by atoms with Gasteiger partial charge < -0.3 is 9.64 Å². The Balaban J connectivity index is 1.83. The topological polar surface area (TPSA) is 55.3 Å². The van der Waals surface area contributed by atoms with Crippen molar-refractivity contribution in [2.75, 3.05) is 13.1 Å². The molecule has 0 radical (unpaired) electrons. The molecule has 0 aliphatic carbocycles. The number of ether oxygens (including phenoxy) is 1. The van der Waals surface area contributed by atoms with Crippen LogP contribution in [0.25, 0.3) is 16.6 Å². The summed E-state index contributed by atoms with van der Waals surface area (Å²) in [4.78, 5) is 22.4. The summed E-state index contributed by atoms with van der Waals surface area (Å²) in [6.45, 7) is 6.40. The minimum atomic E-state index is -0.998. The molecule has 2 aromatic rings. The zero-order valence-corrected chi connectivity index (χ0v) is 16.1. The molecule has 0 atom stereocenters. The van der Waals surface area contributed by atoms with E-state index < -0.39 is 17.2 Å². The zero-order valence-electron chi connectivity index (χ0n) is 15.4. The molecule has 144 valence electrons. The molecule has 27 heavy (non-hydrogen) atoms. The van der Waals surface area contributed by atoms with Gasteiger partial charge >= 0.3 is 6.09 Å². The van der Waals surface area contributed by atoms with Gasteiger partial charge in [-0.05, 0) is 39.2 Å². The second-order valence-corrected chi connectivity index (χ2v) is 7.71. The first-order chi connectivity index (χ1) is 12.6. The predicted octanol–water partition coefficient (Wildman–Crippen LogP) is 4.98. The van der Waals surface area contributed by atoms with Gasteiger partial charge in [0.25, 0.3) is 0 Å². The van der Waals surface area contributed by atoms with Crippen LogP contribution in [-0.2, 0) is 4.74 Å². The molecule has 8 heteroatoms. The van der Waals surface area contributed by atoms with Gasteiger partial charge in [-0.3, -0.25) is 0 Å². The Labute approximate surface area is 161 Å². The molecule has 0 unspecified atom stereocenters. The summed E-state index contributed by atoms with van der Waals surface area (Å²) in [5.74, 6) is -1.99. The quantitative estimate of drug-likeness (QED) is 0.683. The molecular formula is C19H20ClF2N3O2. The second-order valence-electron chi connectivity index (χ2n) is 7.35. The van der Waals surface area contributed by atoms with Crippen LogP contribution in [0.5, 0.6) is 0 Å². The van der Waals surface area contributed by atoms with Crippen molar-refractivity contribution in [1.82, 2.24) is 14.9 Å². The summed E-state index contributed by atoms with van der Waals surface area (Å²) in [6, 6.07) is 1.97. The van der Waals surface area contributed by atoms with Crippen LogP contribution >= 0.6 is 11.6 Å². The molecule has 1 aliphatic heterocycles. The van der Waals surface area contributed by atoms with E-state index in [1.54, 1.807) is 4.90 Å². The van der Waals surface area contributed by atoms with Gasteiger partial charge in [0.15, 0.2) is 16.8 Å². The zero-order chi connectivity index (χ0) is 19.8. The fourth-order valence-corrected chi connectivity index (χ4v) is 3.08. The third-order valence-electron chi connectivity index (χ3n) is 4.06. The molecule has 2 heterocycles. The van der Waals surface area contributed by atoms with Crippen LogP contribution in [0.3, 0.4) is 0 Å². The molecule has 0 saturated heterocycles. The van der Waals surface area contributed by atoms with Gasteiger partial charge in [0.1, 0.15) is 11.3 Å². The molecule has 0 bridgehead atoms. The van der Waals surface area contributed by atoms with Gasteiger partial charge in [-0.15, -0.1) is 0 Å². The monoisotopic (exact) mass is 395 g/mol.